The van der Waals surface area contributed by atoms with Gasteiger partial charge in [0.05, 0.1) is 11.2 Å². The number of furan rings is 1. The summed E-state index contributed by atoms with van der Waals surface area (Å²) in [5.41, 5.74) is 2.53. The van der Waals surface area contributed by atoms with E-state index in [0.29, 0.717) is 0 Å². The van der Waals surface area contributed by atoms with Crippen molar-refractivity contribution in [2.75, 3.05) is 0 Å². The van der Waals surface area contributed by atoms with E-state index in [-0.39, 0.29) is 18.3 Å². The van der Waals surface area contributed by atoms with Crippen LogP contribution < -0.4 is 5.46 Å². The first-order valence-corrected chi connectivity index (χ1v) is 8.47. The molecule has 3 aromatic rings. The highest BCUT2D eigenvalue weighted by molar-refractivity contribution is 6.62. The molecule has 0 atom stereocenters. The van der Waals surface area contributed by atoms with E-state index < -0.39 is 0 Å². The van der Waals surface area contributed by atoms with Crippen LogP contribution >= 0.6 is 0 Å². The van der Waals surface area contributed by atoms with Crippen LogP contribution in [0.2, 0.25) is 0 Å². The molecule has 1 aromatic heterocycles. The number of fused-ring (bicyclic) bond motifs is 2. The third-order valence-corrected chi connectivity index (χ3v) is 5.68. The van der Waals surface area contributed by atoms with Gasteiger partial charge in [0.2, 0.25) is 0 Å². The fourth-order valence-electron chi connectivity index (χ4n) is 3.23. The molecule has 0 bridgehead atoms. The predicted octanol–water partition coefficient (Wildman–Crippen LogP) is 4.50. The first kappa shape index (κ1) is 15.7. The van der Waals surface area contributed by atoms with Gasteiger partial charge in [0.15, 0.2) is 0 Å². The van der Waals surface area contributed by atoms with Crippen molar-refractivity contribution in [3.8, 4) is 0 Å². The second-order valence-electron chi connectivity index (χ2n) is 7.83. The molecule has 4 rings (SSSR count). The van der Waals surface area contributed by atoms with Gasteiger partial charge in [0, 0.05) is 5.39 Å². The van der Waals surface area contributed by atoms with Gasteiger partial charge in [-0.25, -0.2) is 0 Å². The fourth-order valence-corrected chi connectivity index (χ4v) is 3.23. The van der Waals surface area contributed by atoms with Gasteiger partial charge in [-0.1, -0.05) is 18.2 Å². The van der Waals surface area contributed by atoms with Gasteiger partial charge in [-0.05, 0) is 75.5 Å². The minimum Gasteiger partial charge on any atom is -0.461 e. The van der Waals surface area contributed by atoms with Crippen LogP contribution in [0.15, 0.2) is 34.7 Å². The molecule has 2 aromatic carbocycles. The fraction of sp³-hybridized carbons (Fsp3) is 0.400. The average molecular weight is 322 g/mol. The lowest BCUT2D eigenvalue weighted by molar-refractivity contribution is 0.00578. The molecule has 0 aliphatic carbocycles. The van der Waals surface area contributed by atoms with E-state index in [1.807, 2.05) is 6.92 Å². The standard InChI is InChI=1S/C20H23BO3/c1-12-13(2)22-18-11-15-9-16(8-7-14(15)10-17(12)18)21-23-19(3,4)20(5,6)24-21/h7-11H,1-6H3. The summed E-state index contributed by atoms with van der Waals surface area (Å²) in [5.74, 6) is 0.978. The molecule has 1 aliphatic heterocycles. The SMILES string of the molecule is Cc1oc2cc3cc(B4OC(C)(C)C(C)(C)O4)ccc3cc2c1C. The third-order valence-electron chi connectivity index (χ3n) is 5.68. The third kappa shape index (κ3) is 2.20. The maximum Gasteiger partial charge on any atom is 0.494 e. The van der Waals surface area contributed by atoms with E-state index in [4.69, 9.17) is 13.7 Å². The molecular formula is C20H23BO3. The summed E-state index contributed by atoms with van der Waals surface area (Å²) in [4.78, 5) is 0. The lowest BCUT2D eigenvalue weighted by atomic mass is 9.78. The number of rotatable bonds is 1. The van der Waals surface area contributed by atoms with Crippen molar-refractivity contribution in [3.05, 3.63) is 41.7 Å². The predicted molar refractivity (Wildman–Crippen MR) is 98.9 cm³/mol. The molecule has 1 fully saturated rings. The van der Waals surface area contributed by atoms with Crippen LogP contribution in [-0.4, -0.2) is 18.3 Å². The maximum absolute atomic E-state index is 6.16. The Kier molecular flexibility index (Phi) is 3.19. The van der Waals surface area contributed by atoms with Crippen molar-refractivity contribution in [1.29, 1.82) is 0 Å². The minimum atomic E-state index is -0.338. The molecule has 0 saturated carbocycles. The summed E-state index contributed by atoms with van der Waals surface area (Å²) in [5, 5.41) is 3.53. The van der Waals surface area contributed by atoms with E-state index in [0.717, 1.165) is 22.2 Å². The first-order valence-electron chi connectivity index (χ1n) is 8.47. The number of benzene rings is 2. The van der Waals surface area contributed by atoms with Crippen LogP contribution in [0.4, 0.5) is 0 Å². The second-order valence-corrected chi connectivity index (χ2v) is 7.83. The summed E-state index contributed by atoms with van der Waals surface area (Å²) in [6.07, 6.45) is 0. The molecule has 0 radical (unpaired) electrons. The number of aryl methyl sites for hydroxylation is 2. The Balaban J connectivity index is 1.80. The Morgan fingerprint density at radius 3 is 2.17 bits per heavy atom. The monoisotopic (exact) mass is 322 g/mol. The summed E-state index contributed by atoms with van der Waals surface area (Å²) >= 11 is 0. The average Bonchev–Trinajstić information content (AvgIpc) is 2.89. The Morgan fingerprint density at radius 1 is 0.833 bits per heavy atom. The van der Waals surface area contributed by atoms with Gasteiger partial charge in [0.1, 0.15) is 11.3 Å². The van der Waals surface area contributed by atoms with Crippen LogP contribution in [0.3, 0.4) is 0 Å². The van der Waals surface area contributed by atoms with E-state index in [1.54, 1.807) is 0 Å². The normalized spacial score (nSPS) is 19.5. The molecule has 1 aliphatic rings. The zero-order valence-electron chi connectivity index (χ0n) is 15.2. The molecule has 0 N–H and O–H groups in total. The largest absolute Gasteiger partial charge is 0.494 e. The summed E-state index contributed by atoms with van der Waals surface area (Å²) < 4.78 is 18.2. The van der Waals surface area contributed by atoms with Crippen LogP contribution in [0.25, 0.3) is 21.7 Å². The zero-order valence-corrected chi connectivity index (χ0v) is 15.2. The molecule has 1 saturated heterocycles. The lowest BCUT2D eigenvalue weighted by Crippen LogP contribution is -2.41. The Hall–Kier alpha value is -1.78. The summed E-state index contributed by atoms with van der Waals surface area (Å²) in [7, 11) is -0.338. The van der Waals surface area contributed by atoms with Gasteiger partial charge >= 0.3 is 7.12 Å². The van der Waals surface area contributed by atoms with Crippen molar-refractivity contribution < 1.29 is 13.7 Å². The van der Waals surface area contributed by atoms with Gasteiger partial charge in [-0.3, -0.25) is 0 Å². The van der Waals surface area contributed by atoms with E-state index in [1.165, 1.54) is 16.3 Å². The van der Waals surface area contributed by atoms with Crippen LogP contribution in [0.5, 0.6) is 0 Å². The highest BCUT2D eigenvalue weighted by atomic mass is 16.7. The second kappa shape index (κ2) is 4.87. The van der Waals surface area contributed by atoms with Crippen LogP contribution in [-0.2, 0) is 9.31 Å². The van der Waals surface area contributed by atoms with Crippen LogP contribution in [0.1, 0.15) is 39.0 Å². The maximum atomic E-state index is 6.16. The molecule has 3 nitrogen and oxygen atoms in total. The van der Waals surface area contributed by atoms with E-state index >= 15 is 0 Å². The summed E-state index contributed by atoms with van der Waals surface area (Å²) in [6, 6.07) is 10.7. The summed E-state index contributed by atoms with van der Waals surface area (Å²) in [6.45, 7) is 12.4. The highest BCUT2D eigenvalue weighted by Gasteiger charge is 2.51. The van der Waals surface area contributed by atoms with Gasteiger partial charge in [0.25, 0.3) is 0 Å². The number of hydrogen-bond acceptors (Lipinski definition) is 3. The van der Waals surface area contributed by atoms with Gasteiger partial charge < -0.3 is 13.7 Å². The number of hydrogen-bond donors (Lipinski definition) is 0. The van der Waals surface area contributed by atoms with Gasteiger partial charge in [-0.15, -0.1) is 0 Å². The topological polar surface area (TPSA) is 31.6 Å². The molecule has 2 heterocycles. The van der Waals surface area contributed by atoms with Crippen molar-refractivity contribution >= 4 is 34.3 Å². The van der Waals surface area contributed by atoms with Crippen molar-refractivity contribution in [2.24, 2.45) is 0 Å². The molecule has 0 unspecified atom stereocenters. The molecule has 24 heavy (non-hydrogen) atoms. The van der Waals surface area contributed by atoms with Crippen molar-refractivity contribution in [3.63, 3.8) is 0 Å². The quantitative estimate of drug-likeness (QED) is 0.618. The molecule has 124 valence electrons. The zero-order chi connectivity index (χ0) is 17.3. The smallest absolute Gasteiger partial charge is 0.461 e. The first-order chi connectivity index (χ1) is 11.2. The minimum absolute atomic E-state index is 0.328. The Morgan fingerprint density at radius 2 is 1.50 bits per heavy atom. The lowest BCUT2D eigenvalue weighted by Gasteiger charge is -2.32. The van der Waals surface area contributed by atoms with E-state index in [2.05, 4.69) is 65.0 Å². The van der Waals surface area contributed by atoms with Gasteiger partial charge in [-0.2, -0.15) is 0 Å². The Bertz CT molecular complexity index is 936. The van der Waals surface area contributed by atoms with Crippen molar-refractivity contribution in [1.82, 2.24) is 0 Å². The molecule has 0 amide bonds. The Labute approximate surface area is 143 Å². The molecule has 0 spiro atoms. The van der Waals surface area contributed by atoms with Crippen molar-refractivity contribution in [2.45, 2.75) is 52.7 Å². The molecule has 4 heteroatoms. The van der Waals surface area contributed by atoms with E-state index in [9.17, 15) is 0 Å². The van der Waals surface area contributed by atoms with Crippen LogP contribution in [0, 0.1) is 13.8 Å². The molecular weight excluding hydrogens is 299 g/mol. The highest BCUT2D eigenvalue weighted by Crippen LogP contribution is 2.37.